The number of halogens is 4. The van der Waals surface area contributed by atoms with Crippen molar-refractivity contribution >= 4 is 24.0 Å². The van der Waals surface area contributed by atoms with Gasteiger partial charge in [0.1, 0.15) is 12.4 Å². The third-order valence-corrected chi connectivity index (χ3v) is 3.49. The molecular weight excluding hydrogens is 385 g/mol. The average molecular weight is 405 g/mol. The summed E-state index contributed by atoms with van der Waals surface area (Å²) in [4.78, 5) is 12.5. The van der Waals surface area contributed by atoms with E-state index in [-0.39, 0.29) is 42.4 Å². The SMILES string of the molecule is COCCOc1ccccc1C(=O)Nc1cc(CN)cc(C(F)(F)F)c1.Cl. The highest BCUT2D eigenvalue weighted by Gasteiger charge is 2.31. The maximum absolute atomic E-state index is 13.0. The number of carbonyl (C=O) groups is 1. The molecule has 2 aromatic carbocycles. The molecule has 0 aromatic heterocycles. The zero-order valence-electron chi connectivity index (χ0n) is 14.5. The highest BCUT2D eigenvalue weighted by Crippen LogP contribution is 2.32. The largest absolute Gasteiger partial charge is 0.490 e. The van der Waals surface area contributed by atoms with Crippen LogP contribution in [0.25, 0.3) is 0 Å². The number of methoxy groups -OCH3 is 1. The molecular formula is C18H20ClF3N2O3. The zero-order chi connectivity index (χ0) is 19.2. The van der Waals surface area contributed by atoms with E-state index in [0.717, 1.165) is 12.1 Å². The summed E-state index contributed by atoms with van der Waals surface area (Å²) in [5, 5.41) is 2.47. The minimum atomic E-state index is -4.54. The number of rotatable bonds is 7. The van der Waals surface area contributed by atoms with Crippen LogP contribution >= 0.6 is 12.4 Å². The fourth-order valence-corrected chi connectivity index (χ4v) is 2.26. The Morgan fingerprint density at radius 3 is 2.48 bits per heavy atom. The summed E-state index contributed by atoms with van der Waals surface area (Å²) in [6.07, 6.45) is -4.54. The van der Waals surface area contributed by atoms with Crippen molar-refractivity contribution < 1.29 is 27.4 Å². The van der Waals surface area contributed by atoms with Crippen LogP contribution in [0.4, 0.5) is 18.9 Å². The van der Waals surface area contributed by atoms with Crippen LogP contribution in [-0.4, -0.2) is 26.2 Å². The minimum Gasteiger partial charge on any atom is -0.490 e. The maximum atomic E-state index is 13.0. The second-order valence-corrected chi connectivity index (χ2v) is 5.41. The van der Waals surface area contributed by atoms with Crippen LogP contribution in [0.15, 0.2) is 42.5 Å². The van der Waals surface area contributed by atoms with E-state index in [1.54, 1.807) is 18.2 Å². The number of alkyl halides is 3. The molecule has 1 amide bonds. The molecule has 0 aliphatic heterocycles. The standard InChI is InChI=1S/C18H19F3N2O3.ClH/c1-25-6-7-26-16-5-3-2-4-15(16)17(24)23-14-9-12(11-22)8-13(10-14)18(19,20)21;/h2-5,8-10H,6-7,11,22H2,1H3,(H,23,24);1H. The second-order valence-electron chi connectivity index (χ2n) is 5.41. The average Bonchev–Trinajstić information content (AvgIpc) is 2.61. The van der Waals surface area contributed by atoms with Gasteiger partial charge in [0, 0.05) is 19.3 Å². The van der Waals surface area contributed by atoms with E-state index in [1.807, 2.05) is 0 Å². The van der Waals surface area contributed by atoms with E-state index in [9.17, 15) is 18.0 Å². The number of carbonyl (C=O) groups excluding carboxylic acids is 1. The summed E-state index contributed by atoms with van der Waals surface area (Å²) in [6.45, 7) is 0.495. The molecule has 3 N–H and O–H groups in total. The van der Waals surface area contributed by atoms with Crippen molar-refractivity contribution in [2.75, 3.05) is 25.6 Å². The summed E-state index contributed by atoms with van der Waals surface area (Å²) >= 11 is 0. The number of anilines is 1. The van der Waals surface area contributed by atoms with Crippen molar-refractivity contribution in [2.24, 2.45) is 5.73 Å². The van der Waals surface area contributed by atoms with Gasteiger partial charge >= 0.3 is 6.18 Å². The van der Waals surface area contributed by atoms with Crippen LogP contribution < -0.4 is 15.8 Å². The third-order valence-electron chi connectivity index (χ3n) is 3.49. The van der Waals surface area contributed by atoms with E-state index < -0.39 is 17.6 Å². The number of nitrogens with one attached hydrogen (secondary N) is 1. The number of benzene rings is 2. The first-order chi connectivity index (χ1) is 12.3. The number of hydrogen-bond donors (Lipinski definition) is 2. The maximum Gasteiger partial charge on any atom is 0.416 e. The van der Waals surface area contributed by atoms with Gasteiger partial charge in [0.2, 0.25) is 0 Å². The molecule has 0 unspecified atom stereocenters. The van der Waals surface area contributed by atoms with Gasteiger partial charge in [0.05, 0.1) is 17.7 Å². The molecule has 2 aromatic rings. The molecule has 0 saturated heterocycles. The second kappa shape index (κ2) is 10.1. The molecule has 0 aliphatic carbocycles. The van der Waals surface area contributed by atoms with Gasteiger partial charge in [-0.1, -0.05) is 12.1 Å². The lowest BCUT2D eigenvalue weighted by Gasteiger charge is -2.14. The lowest BCUT2D eigenvalue weighted by molar-refractivity contribution is -0.137. The Labute approximate surface area is 161 Å². The minimum absolute atomic E-state index is 0. The smallest absolute Gasteiger partial charge is 0.416 e. The number of para-hydroxylation sites is 1. The van der Waals surface area contributed by atoms with Crippen LogP contribution in [0.1, 0.15) is 21.5 Å². The van der Waals surface area contributed by atoms with Crippen LogP contribution in [0.5, 0.6) is 5.75 Å². The molecule has 0 radical (unpaired) electrons. The van der Waals surface area contributed by atoms with E-state index in [4.69, 9.17) is 15.2 Å². The molecule has 0 heterocycles. The Morgan fingerprint density at radius 2 is 1.85 bits per heavy atom. The first-order valence-electron chi connectivity index (χ1n) is 7.78. The molecule has 0 aliphatic rings. The molecule has 9 heteroatoms. The van der Waals surface area contributed by atoms with E-state index >= 15 is 0 Å². The van der Waals surface area contributed by atoms with Crippen molar-refractivity contribution in [1.29, 1.82) is 0 Å². The summed E-state index contributed by atoms with van der Waals surface area (Å²) in [5.74, 6) is -0.270. The van der Waals surface area contributed by atoms with Gasteiger partial charge in [-0.25, -0.2) is 0 Å². The molecule has 148 valence electrons. The molecule has 0 bridgehead atoms. The van der Waals surface area contributed by atoms with Crippen LogP contribution in [-0.2, 0) is 17.5 Å². The Morgan fingerprint density at radius 1 is 1.15 bits per heavy atom. The molecule has 0 fully saturated rings. The molecule has 0 saturated carbocycles. The highest BCUT2D eigenvalue weighted by atomic mass is 35.5. The molecule has 0 spiro atoms. The van der Waals surface area contributed by atoms with Crippen LogP contribution in [0.3, 0.4) is 0 Å². The van der Waals surface area contributed by atoms with Gasteiger partial charge in [-0.05, 0) is 35.9 Å². The zero-order valence-corrected chi connectivity index (χ0v) is 15.3. The van der Waals surface area contributed by atoms with Crippen molar-refractivity contribution in [3.63, 3.8) is 0 Å². The molecule has 0 atom stereocenters. The van der Waals surface area contributed by atoms with E-state index in [0.29, 0.717) is 12.4 Å². The topological polar surface area (TPSA) is 73.6 Å². The predicted octanol–water partition coefficient (Wildman–Crippen LogP) is 3.86. The summed E-state index contributed by atoms with van der Waals surface area (Å²) in [5.41, 5.74) is 5.06. The highest BCUT2D eigenvalue weighted by molar-refractivity contribution is 6.06. The van der Waals surface area contributed by atoms with Crippen LogP contribution in [0, 0.1) is 0 Å². The summed E-state index contributed by atoms with van der Waals surface area (Å²) < 4.78 is 49.3. The normalized spacial score (nSPS) is 10.9. The van der Waals surface area contributed by atoms with E-state index in [1.165, 1.54) is 19.2 Å². The Balaban J connectivity index is 0.00000364. The van der Waals surface area contributed by atoms with Crippen LogP contribution in [0.2, 0.25) is 0 Å². The van der Waals surface area contributed by atoms with Gasteiger partial charge in [0.15, 0.2) is 0 Å². The number of ether oxygens (including phenoxy) is 2. The fourth-order valence-electron chi connectivity index (χ4n) is 2.26. The van der Waals surface area contributed by atoms with Gasteiger partial charge in [-0.2, -0.15) is 13.2 Å². The van der Waals surface area contributed by atoms with Gasteiger partial charge < -0.3 is 20.5 Å². The quantitative estimate of drug-likeness (QED) is 0.687. The van der Waals surface area contributed by atoms with Crippen molar-refractivity contribution in [3.05, 3.63) is 59.2 Å². The van der Waals surface area contributed by atoms with Crippen molar-refractivity contribution in [3.8, 4) is 5.75 Å². The lowest BCUT2D eigenvalue weighted by Crippen LogP contribution is -2.16. The monoisotopic (exact) mass is 404 g/mol. The fraction of sp³-hybridized carbons (Fsp3) is 0.278. The molecule has 5 nitrogen and oxygen atoms in total. The number of nitrogens with two attached hydrogens (primary N) is 1. The molecule has 27 heavy (non-hydrogen) atoms. The molecule has 2 rings (SSSR count). The Kier molecular flexibility index (Phi) is 8.55. The van der Waals surface area contributed by atoms with Gasteiger partial charge in [-0.15, -0.1) is 12.4 Å². The Hall–Kier alpha value is -2.29. The van der Waals surface area contributed by atoms with Crippen molar-refractivity contribution in [2.45, 2.75) is 12.7 Å². The van der Waals surface area contributed by atoms with Crippen molar-refractivity contribution in [1.82, 2.24) is 0 Å². The lowest BCUT2D eigenvalue weighted by atomic mass is 10.1. The summed E-state index contributed by atoms with van der Waals surface area (Å²) in [6, 6.07) is 9.67. The summed E-state index contributed by atoms with van der Waals surface area (Å²) in [7, 11) is 1.52. The van der Waals surface area contributed by atoms with Gasteiger partial charge in [-0.3, -0.25) is 4.79 Å². The first-order valence-corrected chi connectivity index (χ1v) is 7.78. The third kappa shape index (κ3) is 6.42. The Bertz CT molecular complexity index is 770. The van der Waals surface area contributed by atoms with E-state index in [2.05, 4.69) is 5.32 Å². The number of hydrogen-bond acceptors (Lipinski definition) is 4. The first kappa shape index (κ1) is 22.8. The van der Waals surface area contributed by atoms with Gasteiger partial charge in [0.25, 0.3) is 5.91 Å². The number of amides is 1. The predicted molar refractivity (Wildman–Crippen MR) is 98.3 cm³/mol.